The zero-order chi connectivity index (χ0) is 31.6. The van der Waals surface area contributed by atoms with Gasteiger partial charge in [0.15, 0.2) is 0 Å². The molecule has 0 saturated carbocycles. The fourth-order valence-corrected chi connectivity index (χ4v) is 8.70. The Morgan fingerprint density at radius 1 is 0.333 bits per heavy atom. The van der Waals surface area contributed by atoms with Gasteiger partial charge in [-0.05, 0) is 91.7 Å². The van der Waals surface area contributed by atoms with Gasteiger partial charge in [0.2, 0.25) is 0 Å². The third-order valence-corrected chi connectivity index (χ3v) is 10.8. The van der Waals surface area contributed by atoms with Crippen molar-refractivity contribution < 1.29 is 0 Å². The highest BCUT2D eigenvalue weighted by Crippen LogP contribution is 2.47. The maximum absolute atomic E-state index is 2.51. The van der Waals surface area contributed by atoms with Crippen molar-refractivity contribution in [3.05, 3.63) is 176 Å². The maximum Gasteiger partial charge on any atom is 0.0719 e. The standard InChI is InChI=1S/C46H29NS/c1-3-12-30(13-4-1)32-16-9-18-34(26-32)35-24-25-42-43(28-35)48-44-29-40(36-19-10-17-33(27-36)31-14-5-2-6-15-31)39-22-11-21-38-37-20-7-8-23-41(37)47(42)46(44)45(38)39/h1-29H. The molecule has 0 radical (unpaired) electrons. The summed E-state index contributed by atoms with van der Waals surface area (Å²) in [6.45, 7) is 0. The summed E-state index contributed by atoms with van der Waals surface area (Å²) < 4.78 is 5.06. The highest BCUT2D eigenvalue weighted by molar-refractivity contribution is 7.24. The molecule has 0 N–H and O–H groups in total. The van der Waals surface area contributed by atoms with Gasteiger partial charge in [-0.25, -0.2) is 0 Å². The Bertz CT molecular complexity index is 2770. The van der Waals surface area contributed by atoms with Crippen molar-refractivity contribution in [3.8, 4) is 50.2 Å². The van der Waals surface area contributed by atoms with E-state index in [0.717, 1.165) is 0 Å². The van der Waals surface area contributed by atoms with Crippen LogP contribution in [-0.4, -0.2) is 4.57 Å². The van der Waals surface area contributed by atoms with Crippen molar-refractivity contribution >= 4 is 53.3 Å². The summed E-state index contributed by atoms with van der Waals surface area (Å²) in [4.78, 5) is 0. The number of para-hydroxylation sites is 1. The second-order valence-electron chi connectivity index (χ2n) is 12.5. The van der Waals surface area contributed by atoms with E-state index >= 15 is 0 Å². The highest BCUT2D eigenvalue weighted by atomic mass is 32.1. The lowest BCUT2D eigenvalue weighted by Gasteiger charge is -2.25. The van der Waals surface area contributed by atoms with Crippen molar-refractivity contribution in [3.63, 3.8) is 0 Å². The molecule has 0 bridgehead atoms. The Labute approximate surface area is 282 Å². The molecular formula is C46H29NS. The zero-order valence-corrected chi connectivity index (χ0v) is 26.9. The van der Waals surface area contributed by atoms with Gasteiger partial charge in [-0.3, -0.25) is 0 Å². The lowest BCUT2D eigenvalue weighted by atomic mass is 9.91. The van der Waals surface area contributed by atoms with Gasteiger partial charge in [-0.1, -0.05) is 140 Å². The van der Waals surface area contributed by atoms with Crippen molar-refractivity contribution in [1.82, 2.24) is 4.57 Å². The number of pyridine rings is 1. The van der Waals surface area contributed by atoms with E-state index in [-0.39, 0.29) is 0 Å². The largest absolute Gasteiger partial charge is 0.306 e. The lowest BCUT2D eigenvalue weighted by Crippen LogP contribution is -2.05. The summed E-state index contributed by atoms with van der Waals surface area (Å²) in [7, 11) is 0. The SMILES string of the molecule is c1ccc(-c2cccc(-c3ccc4c(c3)sc3cc(-c5cccc(-c6ccccc6)c5)c5cccc6c7ccccc7n4-c3c56)c2)cc1. The van der Waals surface area contributed by atoms with Gasteiger partial charge in [0.1, 0.15) is 0 Å². The van der Waals surface area contributed by atoms with E-state index in [1.807, 2.05) is 11.3 Å². The van der Waals surface area contributed by atoms with Gasteiger partial charge in [0.25, 0.3) is 0 Å². The molecule has 48 heavy (non-hydrogen) atoms. The first-order chi connectivity index (χ1) is 23.8. The number of rotatable bonds is 4. The predicted molar refractivity (Wildman–Crippen MR) is 207 cm³/mol. The summed E-state index contributed by atoms with van der Waals surface area (Å²) in [5, 5.41) is 5.19. The molecular weight excluding hydrogens is 599 g/mol. The van der Waals surface area contributed by atoms with Crippen LogP contribution in [0.2, 0.25) is 0 Å². The molecule has 2 heteroatoms. The first-order valence-electron chi connectivity index (χ1n) is 16.4. The van der Waals surface area contributed by atoms with E-state index in [1.54, 1.807) is 0 Å². The quantitative estimate of drug-likeness (QED) is 0.135. The Kier molecular flexibility index (Phi) is 6.12. The fraction of sp³-hybridized carbons (Fsp3) is 0. The summed E-state index contributed by atoms with van der Waals surface area (Å²) >= 11 is 1.90. The first-order valence-corrected chi connectivity index (χ1v) is 17.2. The van der Waals surface area contributed by atoms with Gasteiger partial charge in [0, 0.05) is 10.8 Å². The van der Waals surface area contributed by atoms with Gasteiger partial charge >= 0.3 is 0 Å². The van der Waals surface area contributed by atoms with E-state index in [1.165, 1.54) is 92.2 Å². The second kappa shape index (κ2) is 10.8. The van der Waals surface area contributed by atoms with E-state index in [9.17, 15) is 0 Å². The molecule has 10 rings (SSSR count). The van der Waals surface area contributed by atoms with E-state index in [4.69, 9.17) is 0 Å². The summed E-state index contributed by atoms with van der Waals surface area (Å²) in [6, 6.07) is 64.4. The molecule has 224 valence electrons. The number of benzene rings is 8. The Balaban J connectivity index is 1.26. The van der Waals surface area contributed by atoms with Gasteiger partial charge in [-0.15, -0.1) is 11.3 Å². The molecule has 8 aromatic rings. The summed E-state index contributed by atoms with van der Waals surface area (Å²) in [5.41, 5.74) is 13.6. The minimum atomic E-state index is 1.23. The normalized spacial score (nSPS) is 11.8. The van der Waals surface area contributed by atoms with E-state index in [2.05, 4.69) is 180 Å². The number of aromatic nitrogens is 1. The Morgan fingerprint density at radius 2 is 0.875 bits per heavy atom. The number of hydrogen-bond acceptors (Lipinski definition) is 1. The van der Waals surface area contributed by atoms with Crippen molar-refractivity contribution in [2.24, 2.45) is 0 Å². The maximum atomic E-state index is 2.51. The smallest absolute Gasteiger partial charge is 0.0719 e. The fourth-order valence-electron chi connectivity index (χ4n) is 7.55. The molecule has 0 aromatic heterocycles. The molecule has 0 aliphatic carbocycles. The van der Waals surface area contributed by atoms with Crippen LogP contribution in [0.5, 0.6) is 0 Å². The molecule has 0 saturated heterocycles. The number of fused-ring (bicyclic) bond motifs is 5. The van der Waals surface area contributed by atoms with E-state index < -0.39 is 0 Å². The number of nitrogens with zero attached hydrogens (tertiary/aromatic N) is 1. The first kappa shape index (κ1) is 27.2. The number of hydrogen-bond donors (Lipinski definition) is 0. The van der Waals surface area contributed by atoms with Crippen LogP contribution in [0.25, 0.3) is 92.2 Å². The zero-order valence-electron chi connectivity index (χ0n) is 26.1. The molecule has 0 amide bonds. The molecule has 0 fully saturated rings. The van der Waals surface area contributed by atoms with Gasteiger partial charge < -0.3 is 4.57 Å². The van der Waals surface area contributed by atoms with Crippen LogP contribution in [0.4, 0.5) is 0 Å². The molecule has 2 aliphatic heterocycles. The molecule has 0 unspecified atom stereocenters. The third-order valence-electron chi connectivity index (χ3n) is 9.76. The van der Waals surface area contributed by atoms with Crippen molar-refractivity contribution in [1.29, 1.82) is 0 Å². The predicted octanol–water partition coefficient (Wildman–Crippen LogP) is 13.3. The monoisotopic (exact) mass is 627 g/mol. The van der Waals surface area contributed by atoms with Crippen LogP contribution in [-0.2, 0) is 0 Å². The third kappa shape index (κ3) is 4.24. The summed E-state index contributed by atoms with van der Waals surface area (Å²) in [5.74, 6) is 0. The average Bonchev–Trinajstić information content (AvgIpc) is 3.17. The molecule has 0 atom stereocenters. The minimum absolute atomic E-state index is 1.23. The molecule has 8 aromatic carbocycles. The Morgan fingerprint density at radius 3 is 1.62 bits per heavy atom. The molecule has 1 nitrogen and oxygen atoms in total. The molecule has 2 heterocycles. The van der Waals surface area contributed by atoms with Gasteiger partial charge in [-0.2, -0.15) is 0 Å². The molecule has 0 spiro atoms. The highest BCUT2D eigenvalue weighted by Gasteiger charge is 2.22. The van der Waals surface area contributed by atoms with Crippen molar-refractivity contribution in [2.45, 2.75) is 0 Å². The van der Waals surface area contributed by atoms with Crippen molar-refractivity contribution in [2.75, 3.05) is 0 Å². The topological polar surface area (TPSA) is 4.93 Å². The van der Waals surface area contributed by atoms with Gasteiger partial charge in [0.05, 0.1) is 26.1 Å². The second-order valence-corrected chi connectivity index (χ2v) is 13.6. The lowest BCUT2D eigenvalue weighted by molar-refractivity contribution is 1.20. The average molecular weight is 628 g/mol. The molecule has 2 aliphatic rings. The van der Waals surface area contributed by atoms with Crippen LogP contribution in [0.15, 0.2) is 176 Å². The Hall–Kier alpha value is -5.96. The van der Waals surface area contributed by atoms with Crippen LogP contribution in [0.1, 0.15) is 0 Å². The van der Waals surface area contributed by atoms with E-state index in [0.29, 0.717) is 0 Å². The van der Waals surface area contributed by atoms with Crippen LogP contribution < -0.4 is 0 Å². The van der Waals surface area contributed by atoms with Crippen LogP contribution in [0, 0.1) is 0 Å². The van der Waals surface area contributed by atoms with Crippen LogP contribution >= 0.6 is 11.3 Å². The van der Waals surface area contributed by atoms with Crippen LogP contribution in [0.3, 0.4) is 0 Å². The minimum Gasteiger partial charge on any atom is -0.306 e. The summed E-state index contributed by atoms with van der Waals surface area (Å²) in [6.07, 6.45) is 0.